The number of thioether (sulfide) groups is 2. The molecule has 1 aliphatic rings. The molecule has 0 radical (unpaired) electrons. The molecule has 2 amide bonds. The molecule has 0 saturated carbocycles. The lowest BCUT2D eigenvalue weighted by Gasteiger charge is -2.25. The Morgan fingerprint density at radius 3 is 2.72 bits per heavy atom. The minimum absolute atomic E-state index is 0.0997. The summed E-state index contributed by atoms with van der Waals surface area (Å²) in [6, 6.07) is 10.1. The number of rotatable bonds is 7. The van der Waals surface area contributed by atoms with E-state index in [0.717, 1.165) is 16.9 Å². The summed E-state index contributed by atoms with van der Waals surface area (Å²) in [5, 5.41) is 15.6. The fourth-order valence-electron chi connectivity index (χ4n) is 2.51. The second kappa shape index (κ2) is 9.54. The third-order valence-corrected chi connectivity index (χ3v) is 5.55. The number of amides is 2. The van der Waals surface area contributed by atoms with Crippen LogP contribution < -0.4 is 10.6 Å². The van der Waals surface area contributed by atoms with Gasteiger partial charge in [0.05, 0.1) is 22.4 Å². The number of hydrogen-bond donors (Lipinski definition) is 2. The summed E-state index contributed by atoms with van der Waals surface area (Å²) < 4.78 is 0. The lowest BCUT2D eigenvalue weighted by atomic mass is 9.87. The summed E-state index contributed by atoms with van der Waals surface area (Å²) in [6.07, 6.45) is 3.11. The molecule has 1 aromatic carbocycles. The number of nitrogens with one attached hydrogen (secondary N) is 2. The first-order chi connectivity index (χ1) is 12.1. The molecule has 0 aromatic heterocycles. The third kappa shape index (κ3) is 5.28. The van der Waals surface area contributed by atoms with Gasteiger partial charge in [-0.1, -0.05) is 30.8 Å². The van der Waals surface area contributed by atoms with Crippen molar-refractivity contribution < 1.29 is 9.59 Å². The minimum Gasteiger partial charge on any atom is -0.355 e. The van der Waals surface area contributed by atoms with Crippen LogP contribution in [0.4, 0.5) is 0 Å². The Morgan fingerprint density at radius 2 is 2.12 bits per heavy atom. The first-order valence-corrected chi connectivity index (χ1v) is 10.3. The van der Waals surface area contributed by atoms with Crippen molar-refractivity contribution in [3.8, 4) is 6.07 Å². The van der Waals surface area contributed by atoms with Gasteiger partial charge in [0.1, 0.15) is 0 Å². The van der Waals surface area contributed by atoms with Crippen LogP contribution in [0.2, 0.25) is 0 Å². The van der Waals surface area contributed by atoms with E-state index in [1.807, 2.05) is 37.4 Å². The number of benzene rings is 1. The van der Waals surface area contributed by atoms with Crippen LogP contribution in [0.15, 0.2) is 39.8 Å². The Hall–Kier alpha value is -1.91. The van der Waals surface area contributed by atoms with Crippen LogP contribution >= 0.6 is 23.5 Å². The molecule has 1 atom stereocenters. The van der Waals surface area contributed by atoms with Gasteiger partial charge in [0.25, 0.3) is 0 Å². The topological polar surface area (TPSA) is 82.0 Å². The quantitative estimate of drug-likeness (QED) is 0.716. The molecule has 1 heterocycles. The second-order valence-corrected chi connectivity index (χ2v) is 7.44. The molecule has 0 spiro atoms. The summed E-state index contributed by atoms with van der Waals surface area (Å²) in [5.74, 6) is -0.318. The third-order valence-electron chi connectivity index (χ3n) is 3.79. The van der Waals surface area contributed by atoms with E-state index in [1.54, 1.807) is 11.8 Å². The van der Waals surface area contributed by atoms with E-state index in [0.29, 0.717) is 17.1 Å². The first-order valence-electron chi connectivity index (χ1n) is 8.06. The highest BCUT2D eigenvalue weighted by Gasteiger charge is 2.29. The van der Waals surface area contributed by atoms with E-state index < -0.39 is 0 Å². The van der Waals surface area contributed by atoms with Crippen molar-refractivity contribution in [3.05, 3.63) is 40.4 Å². The van der Waals surface area contributed by atoms with Crippen molar-refractivity contribution in [2.24, 2.45) is 0 Å². The van der Waals surface area contributed by atoms with E-state index in [-0.39, 0.29) is 29.9 Å². The van der Waals surface area contributed by atoms with Crippen LogP contribution in [-0.2, 0) is 9.59 Å². The first kappa shape index (κ1) is 19.4. The maximum absolute atomic E-state index is 12.1. The SMILES string of the molecule is CCCNC(=O)CSC1=C(C#N)[C@H](c2ccc(SC)cc2)CC(=O)N1. The Kier molecular flexibility index (Phi) is 7.41. The fourth-order valence-corrected chi connectivity index (χ4v) is 3.82. The van der Waals surface area contributed by atoms with Gasteiger partial charge >= 0.3 is 0 Å². The number of nitriles is 1. The second-order valence-electron chi connectivity index (χ2n) is 5.57. The highest BCUT2D eigenvalue weighted by molar-refractivity contribution is 8.03. The van der Waals surface area contributed by atoms with Gasteiger partial charge in [-0.25, -0.2) is 0 Å². The molecule has 0 fully saturated rings. The van der Waals surface area contributed by atoms with Gasteiger partial charge in [-0.2, -0.15) is 5.26 Å². The van der Waals surface area contributed by atoms with Crippen molar-refractivity contribution in [3.63, 3.8) is 0 Å². The molecule has 2 N–H and O–H groups in total. The van der Waals surface area contributed by atoms with Gasteiger partial charge < -0.3 is 10.6 Å². The predicted octanol–water partition coefficient (Wildman–Crippen LogP) is 3.01. The van der Waals surface area contributed by atoms with Crippen LogP contribution in [0.25, 0.3) is 0 Å². The maximum atomic E-state index is 12.1. The van der Waals surface area contributed by atoms with Crippen molar-refractivity contribution in [1.82, 2.24) is 10.6 Å². The largest absolute Gasteiger partial charge is 0.355 e. The average Bonchev–Trinajstić information content (AvgIpc) is 2.64. The van der Waals surface area contributed by atoms with E-state index in [1.165, 1.54) is 11.8 Å². The molecule has 0 aliphatic carbocycles. The van der Waals surface area contributed by atoms with Crippen LogP contribution in [0.1, 0.15) is 31.2 Å². The standard InChI is InChI=1S/C18H21N3O2S2/c1-3-8-20-17(23)11-25-18-15(10-19)14(9-16(22)21-18)12-4-6-13(24-2)7-5-12/h4-7,14H,3,8-9,11H2,1-2H3,(H,20,23)(H,21,22)/t14-/m0/s1. The number of allylic oxidation sites excluding steroid dienone is 1. The van der Waals surface area contributed by atoms with Crippen LogP contribution in [-0.4, -0.2) is 30.4 Å². The Bertz CT molecular complexity index is 708. The number of hydrogen-bond acceptors (Lipinski definition) is 5. The van der Waals surface area contributed by atoms with E-state index in [4.69, 9.17) is 0 Å². The highest BCUT2D eigenvalue weighted by Crippen LogP contribution is 2.36. The molecule has 7 heteroatoms. The molecule has 25 heavy (non-hydrogen) atoms. The molecule has 0 saturated heterocycles. The number of carbonyl (C=O) groups is 2. The zero-order valence-corrected chi connectivity index (χ0v) is 15.9. The number of carbonyl (C=O) groups excluding carboxylic acids is 2. The van der Waals surface area contributed by atoms with E-state index in [9.17, 15) is 14.9 Å². The molecular weight excluding hydrogens is 354 g/mol. The molecule has 1 aliphatic heterocycles. The zero-order valence-electron chi connectivity index (χ0n) is 14.3. The van der Waals surface area contributed by atoms with Gasteiger partial charge in [-0.3, -0.25) is 9.59 Å². The van der Waals surface area contributed by atoms with Gasteiger partial charge in [-0.15, -0.1) is 11.8 Å². The summed E-state index contributed by atoms with van der Waals surface area (Å²) in [6.45, 7) is 2.61. The number of nitrogens with zero attached hydrogens (tertiary/aromatic N) is 1. The highest BCUT2D eigenvalue weighted by atomic mass is 32.2. The maximum Gasteiger partial charge on any atom is 0.230 e. The van der Waals surface area contributed by atoms with Crippen molar-refractivity contribution >= 4 is 35.3 Å². The molecule has 0 bridgehead atoms. The van der Waals surface area contributed by atoms with Gasteiger partial charge in [0.15, 0.2) is 0 Å². The van der Waals surface area contributed by atoms with Gasteiger partial charge in [-0.05, 0) is 30.4 Å². The molecule has 132 valence electrons. The minimum atomic E-state index is -0.268. The van der Waals surface area contributed by atoms with Crippen molar-refractivity contribution in [2.45, 2.75) is 30.6 Å². The Balaban J connectivity index is 2.20. The lowest BCUT2D eigenvalue weighted by Crippen LogP contribution is -2.32. The van der Waals surface area contributed by atoms with Gasteiger partial charge in [0.2, 0.25) is 11.8 Å². The monoisotopic (exact) mass is 375 g/mol. The molecule has 2 rings (SSSR count). The molecular formula is C18H21N3O2S2. The zero-order chi connectivity index (χ0) is 18.2. The van der Waals surface area contributed by atoms with Gasteiger partial charge in [0, 0.05) is 23.8 Å². The molecule has 1 aromatic rings. The Morgan fingerprint density at radius 1 is 1.40 bits per heavy atom. The van der Waals surface area contributed by atoms with E-state index >= 15 is 0 Å². The summed E-state index contributed by atoms with van der Waals surface area (Å²) in [5.41, 5.74) is 1.46. The lowest BCUT2D eigenvalue weighted by molar-refractivity contribution is -0.121. The summed E-state index contributed by atoms with van der Waals surface area (Å²) in [4.78, 5) is 25.0. The summed E-state index contributed by atoms with van der Waals surface area (Å²) in [7, 11) is 0. The summed E-state index contributed by atoms with van der Waals surface area (Å²) >= 11 is 2.85. The smallest absolute Gasteiger partial charge is 0.230 e. The fraction of sp³-hybridized carbons (Fsp3) is 0.389. The van der Waals surface area contributed by atoms with Crippen LogP contribution in [0, 0.1) is 11.3 Å². The van der Waals surface area contributed by atoms with Crippen molar-refractivity contribution in [1.29, 1.82) is 5.26 Å². The normalized spacial score (nSPS) is 17.0. The molecule has 0 unspecified atom stereocenters. The van der Waals surface area contributed by atoms with Crippen LogP contribution in [0.3, 0.4) is 0 Å². The van der Waals surface area contributed by atoms with Crippen molar-refractivity contribution in [2.75, 3.05) is 18.6 Å². The predicted molar refractivity (Wildman–Crippen MR) is 102 cm³/mol. The molecule has 5 nitrogen and oxygen atoms in total. The van der Waals surface area contributed by atoms with Crippen LogP contribution in [0.5, 0.6) is 0 Å². The Labute approximate surface area is 156 Å². The van der Waals surface area contributed by atoms with E-state index in [2.05, 4.69) is 16.7 Å². The average molecular weight is 376 g/mol.